The molecule has 0 aliphatic carbocycles. The van der Waals surface area contributed by atoms with Crippen LogP contribution in [0.25, 0.3) is 21.3 Å². The van der Waals surface area contributed by atoms with Crippen LogP contribution in [-0.4, -0.2) is 98.8 Å². The third kappa shape index (κ3) is 4.96. The van der Waals surface area contributed by atoms with Gasteiger partial charge < -0.3 is 24.9 Å². The van der Waals surface area contributed by atoms with E-state index in [-0.39, 0.29) is 0 Å². The van der Waals surface area contributed by atoms with Crippen LogP contribution in [0.2, 0.25) is 0 Å². The molecule has 7 nitrogen and oxygen atoms in total. The van der Waals surface area contributed by atoms with Gasteiger partial charge in [0.05, 0.1) is 5.39 Å². The lowest BCUT2D eigenvalue weighted by atomic mass is 9.96. The molecule has 3 saturated heterocycles. The summed E-state index contributed by atoms with van der Waals surface area (Å²) in [5, 5.41) is 6.97. The van der Waals surface area contributed by atoms with E-state index < -0.39 is 0 Å². The van der Waals surface area contributed by atoms with Crippen molar-refractivity contribution in [3.63, 3.8) is 0 Å². The molecule has 3 fully saturated rings. The quantitative estimate of drug-likeness (QED) is 0.549. The standard InChI is InChI=1S/C28H39N7S/c1-32(2)23-10-13-33(19-23)18-21-8-14-34(15-9-21)26-25-24(22-6-4-3-5-7-22)20-36-27(25)31-28(30-26)35-16-11-29-12-17-35/h3-7,20-21,23,29H,8-19H2,1-2H3. The van der Waals surface area contributed by atoms with Crippen molar-refractivity contribution in [2.75, 3.05) is 82.8 Å². The van der Waals surface area contributed by atoms with Gasteiger partial charge in [0.15, 0.2) is 0 Å². The summed E-state index contributed by atoms with van der Waals surface area (Å²) >= 11 is 1.76. The first-order valence-corrected chi connectivity index (χ1v) is 14.5. The fourth-order valence-corrected chi connectivity index (χ4v) is 7.01. The lowest BCUT2D eigenvalue weighted by Crippen LogP contribution is -2.44. The molecule has 1 N–H and O–H groups in total. The average molecular weight is 506 g/mol. The number of likely N-dealkylation sites (N-methyl/N-ethyl adjacent to an activating group) is 1. The maximum absolute atomic E-state index is 5.27. The highest BCUT2D eigenvalue weighted by atomic mass is 32.1. The van der Waals surface area contributed by atoms with Crippen LogP contribution in [0.15, 0.2) is 35.7 Å². The fourth-order valence-electron chi connectivity index (χ4n) is 6.07. The van der Waals surface area contributed by atoms with E-state index in [0.29, 0.717) is 0 Å². The summed E-state index contributed by atoms with van der Waals surface area (Å²) in [6.45, 7) is 9.79. The third-order valence-electron chi connectivity index (χ3n) is 8.30. The predicted molar refractivity (Wildman–Crippen MR) is 151 cm³/mol. The molecule has 0 radical (unpaired) electrons. The Hall–Kier alpha value is -2.26. The van der Waals surface area contributed by atoms with Crippen LogP contribution >= 0.6 is 11.3 Å². The number of nitrogens with zero attached hydrogens (tertiary/aromatic N) is 6. The Morgan fingerprint density at radius 1 is 0.944 bits per heavy atom. The summed E-state index contributed by atoms with van der Waals surface area (Å²) in [5.41, 5.74) is 2.52. The van der Waals surface area contributed by atoms with Crippen molar-refractivity contribution in [3.05, 3.63) is 35.7 Å². The summed E-state index contributed by atoms with van der Waals surface area (Å²) in [6, 6.07) is 11.5. The van der Waals surface area contributed by atoms with E-state index in [1.54, 1.807) is 11.3 Å². The number of piperidine rings is 1. The topological polar surface area (TPSA) is 50.8 Å². The number of hydrogen-bond acceptors (Lipinski definition) is 8. The number of piperazine rings is 1. The largest absolute Gasteiger partial charge is 0.356 e. The number of rotatable bonds is 6. The molecule has 1 atom stereocenters. The smallest absolute Gasteiger partial charge is 0.228 e. The van der Waals surface area contributed by atoms with E-state index in [2.05, 4.69) is 74.7 Å². The predicted octanol–water partition coefficient (Wildman–Crippen LogP) is 3.62. The minimum Gasteiger partial charge on any atom is -0.356 e. The first-order valence-electron chi connectivity index (χ1n) is 13.6. The number of hydrogen-bond donors (Lipinski definition) is 1. The summed E-state index contributed by atoms with van der Waals surface area (Å²) in [4.78, 5) is 21.4. The Labute approximate surface area is 219 Å². The Morgan fingerprint density at radius 2 is 1.72 bits per heavy atom. The van der Waals surface area contributed by atoms with Crippen LogP contribution in [0.4, 0.5) is 11.8 Å². The number of aromatic nitrogens is 2. The third-order valence-corrected chi connectivity index (χ3v) is 9.17. The molecule has 3 aromatic rings. The highest BCUT2D eigenvalue weighted by Crippen LogP contribution is 2.40. The second-order valence-corrected chi connectivity index (χ2v) is 11.7. The highest BCUT2D eigenvalue weighted by Gasteiger charge is 2.29. The summed E-state index contributed by atoms with van der Waals surface area (Å²) < 4.78 is 0. The van der Waals surface area contributed by atoms with Gasteiger partial charge >= 0.3 is 0 Å². The minimum absolute atomic E-state index is 0.720. The lowest BCUT2D eigenvalue weighted by molar-refractivity contribution is 0.225. The molecule has 8 heteroatoms. The Kier molecular flexibility index (Phi) is 7.11. The number of thiophene rings is 1. The van der Waals surface area contributed by atoms with Gasteiger partial charge in [-0.05, 0) is 51.4 Å². The van der Waals surface area contributed by atoms with E-state index >= 15 is 0 Å². The highest BCUT2D eigenvalue weighted by molar-refractivity contribution is 7.17. The summed E-state index contributed by atoms with van der Waals surface area (Å²) in [5.74, 6) is 2.82. The molecule has 1 unspecified atom stereocenters. The Bertz CT molecular complexity index is 1150. The summed E-state index contributed by atoms with van der Waals surface area (Å²) in [7, 11) is 4.44. The Morgan fingerprint density at radius 3 is 2.44 bits per heavy atom. The molecule has 3 aliphatic rings. The molecule has 0 amide bonds. The van der Waals surface area contributed by atoms with Gasteiger partial charge in [-0.2, -0.15) is 4.98 Å². The number of nitrogens with one attached hydrogen (secondary N) is 1. The lowest BCUT2D eigenvalue weighted by Gasteiger charge is -2.36. The van der Waals surface area contributed by atoms with Crippen LogP contribution in [0.3, 0.4) is 0 Å². The normalized spacial score (nSPS) is 22.2. The van der Waals surface area contributed by atoms with Gasteiger partial charge in [-0.3, -0.25) is 0 Å². The van der Waals surface area contributed by atoms with Gasteiger partial charge in [0, 0.05) is 69.3 Å². The van der Waals surface area contributed by atoms with Crippen molar-refractivity contribution >= 4 is 33.3 Å². The van der Waals surface area contributed by atoms with Crippen molar-refractivity contribution < 1.29 is 0 Å². The van der Waals surface area contributed by atoms with Gasteiger partial charge in [0.1, 0.15) is 10.6 Å². The van der Waals surface area contributed by atoms with E-state index in [1.165, 1.54) is 55.4 Å². The van der Waals surface area contributed by atoms with Crippen LogP contribution in [0.1, 0.15) is 19.3 Å². The van der Waals surface area contributed by atoms with Gasteiger partial charge in [-0.1, -0.05) is 30.3 Å². The van der Waals surface area contributed by atoms with Crippen LogP contribution in [0, 0.1) is 5.92 Å². The molecule has 2 aromatic heterocycles. The molecule has 1 aromatic carbocycles. The molecule has 0 spiro atoms. The monoisotopic (exact) mass is 505 g/mol. The molecule has 192 valence electrons. The molecular weight excluding hydrogens is 466 g/mol. The van der Waals surface area contributed by atoms with Crippen molar-refractivity contribution in [3.8, 4) is 11.1 Å². The van der Waals surface area contributed by atoms with Crippen LogP contribution in [-0.2, 0) is 0 Å². The van der Waals surface area contributed by atoms with Gasteiger partial charge in [0.25, 0.3) is 0 Å². The molecule has 0 bridgehead atoms. The molecule has 3 aliphatic heterocycles. The summed E-state index contributed by atoms with van der Waals surface area (Å²) in [6.07, 6.45) is 3.78. The SMILES string of the molecule is CN(C)C1CCN(CC2CCN(c3nc(N4CCNCC4)nc4scc(-c5ccccc5)c34)CC2)C1. The zero-order valence-corrected chi connectivity index (χ0v) is 22.5. The van der Waals surface area contributed by atoms with E-state index in [4.69, 9.17) is 9.97 Å². The zero-order valence-electron chi connectivity index (χ0n) is 21.7. The van der Waals surface area contributed by atoms with Gasteiger partial charge in [-0.15, -0.1) is 11.3 Å². The van der Waals surface area contributed by atoms with E-state index in [1.807, 2.05) is 0 Å². The molecular formula is C28H39N7S. The van der Waals surface area contributed by atoms with Crippen LogP contribution < -0.4 is 15.1 Å². The van der Waals surface area contributed by atoms with Crippen molar-refractivity contribution in [2.24, 2.45) is 5.92 Å². The van der Waals surface area contributed by atoms with Crippen molar-refractivity contribution in [1.82, 2.24) is 25.1 Å². The van der Waals surface area contributed by atoms with Crippen LogP contribution in [0.5, 0.6) is 0 Å². The minimum atomic E-state index is 0.720. The maximum Gasteiger partial charge on any atom is 0.228 e. The first-order chi connectivity index (χ1) is 17.7. The van der Waals surface area contributed by atoms with E-state index in [9.17, 15) is 0 Å². The molecule has 5 heterocycles. The number of fused-ring (bicyclic) bond motifs is 1. The fraction of sp³-hybridized carbons (Fsp3) is 0.571. The van der Waals surface area contributed by atoms with Gasteiger partial charge in [-0.25, -0.2) is 4.98 Å². The molecule has 0 saturated carbocycles. The average Bonchev–Trinajstić information content (AvgIpc) is 3.57. The Balaban J connectivity index is 1.25. The second kappa shape index (κ2) is 10.6. The molecule has 36 heavy (non-hydrogen) atoms. The number of likely N-dealkylation sites (tertiary alicyclic amines) is 1. The zero-order chi connectivity index (χ0) is 24.5. The molecule has 6 rings (SSSR count). The van der Waals surface area contributed by atoms with Gasteiger partial charge in [0.2, 0.25) is 5.95 Å². The number of anilines is 2. The van der Waals surface area contributed by atoms with Crippen molar-refractivity contribution in [2.45, 2.75) is 25.3 Å². The van der Waals surface area contributed by atoms with Crippen molar-refractivity contribution in [1.29, 1.82) is 0 Å². The maximum atomic E-state index is 5.27. The second-order valence-electron chi connectivity index (χ2n) is 10.9. The van der Waals surface area contributed by atoms with E-state index in [0.717, 1.165) is 67.8 Å². The number of benzene rings is 1. The first kappa shape index (κ1) is 24.1.